The fourth-order valence-corrected chi connectivity index (χ4v) is 3.12. The Hall–Kier alpha value is -3.34. The first-order valence-electron chi connectivity index (χ1n) is 9.64. The summed E-state index contributed by atoms with van der Waals surface area (Å²) in [5.74, 6) is 0. The molecule has 0 N–H and O–H groups in total. The normalized spacial score (nSPS) is 10.0. The minimum atomic E-state index is 0. The van der Waals surface area contributed by atoms with Crippen LogP contribution in [-0.4, -0.2) is 24.5 Å². The fraction of sp³-hybridized carbons (Fsp3) is 0.0800. The van der Waals surface area contributed by atoms with Crippen LogP contribution in [0, 0.1) is 26.0 Å². The Morgan fingerprint density at radius 1 is 0.742 bits per heavy atom. The molecular weight excluding hydrogens is 563 g/mol. The number of hydrogen-bond acceptors (Lipinski definition) is 3. The van der Waals surface area contributed by atoms with E-state index < -0.39 is 0 Å². The van der Waals surface area contributed by atoms with Gasteiger partial charge in [-0.2, -0.15) is 16.3 Å². The SMILES string of the molecule is Cc1cc(C)c(-n2cccn2)[c-]c1-n1cccn1.[IrH+2].[c-]1ccccc1-c1ccccn1. The second-order valence-electron chi connectivity index (χ2n) is 6.73. The van der Waals surface area contributed by atoms with Gasteiger partial charge >= 0.3 is 20.1 Å². The van der Waals surface area contributed by atoms with Crippen LogP contribution in [0.4, 0.5) is 0 Å². The average Bonchev–Trinajstić information content (AvgIpc) is 3.50. The van der Waals surface area contributed by atoms with Crippen LogP contribution in [0.5, 0.6) is 0 Å². The molecule has 0 fully saturated rings. The summed E-state index contributed by atoms with van der Waals surface area (Å²) < 4.78 is 3.64. The van der Waals surface area contributed by atoms with Crippen LogP contribution in [-0.2, 0) is 20.1 Å². The molecule has 0 aliphatic rings. The van der Waals surface area contributed by atoms with Crippen molar-refractivity contribution in [1.29, 1.82) is 0 Å². The van der Waals surface area contributed by atoms with Crippen molar-refractivity contribution < 1.29 is 20.1 Å². The predicted octanol–water partition coefficient (Wildman–Crippen LogP) is 4.75. The van der Waals surface area contributed by atoms with Crippen molar-refractivity contribution in [3.05, 3.63) is 115 Å². The van der Waals surface area contributed by atoms with Crippen LogP contribution in [0.15, 0.2) is 91.6 Å². The van der Waals surface area contributed by atoms with Gasteiger partial charge in [-0.15, -0.1) is 53.1 Å². The summed E-state index contributed by atoms with van der Waals surface area (Å²) in [6.07, 6.45) is 9.15. The van der Waals surface area contributed by atoms with E-state index in [1.165, 1.54) is 0 Å². The van der Waals surface area contributed by atoms with Crippen LogP contribution in [0.25, 0.3) is 22.6 Å². The maximum Gasteiger partial charge on any atom is 0.0160 e. The smallest absolute Gasteiger partial charge is 0.0160 e. The molecule has 6 heteroatoms. The molecule has 0 atom stereocenters. The second kappa shape index (κ2) is 10.6. The molecule has 0 aliphatic carbocycles. The topological polar surface area (TPSA) is 48.5 Å². The van der Waals surface area contributed by atoms with Crippen molar-refractivity contribution in [2.75, 3.05) is 0 Å². The van der Waals surface area contributed by atoms with Crippen molar-refractivity contribution in [3.63, 3.8) is 0 Å². The van der Waals surface area contributed by atoms with Gasteiger partial charge in [0.1, 0.15) is 0 Å². The maximum atomic E-state index is 4.26. The third-order valence-corrected chi connectivity index (χ3v) is 4.53. The monoisotopic (exact) mass is 585 g/mol. The van der Waals surface area contributed by atoms with Crippen molar-refractivity contribution in [2.45, 2.75) is 13.8 Å². The molecule has 0 unspecified atom stereocenters. The fourth-order valence-electron chi connectivity index (χ4n) is 3.12. The van der Waals surface area contributed by atoms with Gasteiger partial charge in [0.2, 0.25) is 0 Å². The first-order valence-corrected chi connectivity index (χ1v) is 9.64. The molecule has 3 aromatic heterocycles. The van der Waals surface area contributed by atoms with Crippen LogP contribution in [0.2, 0.25) is 0 Å². The first-order chi connectivity index (χ1) is 14.7. The van der Waals surface area contributed by atoms with Gasteiger partial charge in [-0.3, -0.25) is 9.36 Å². The van der Waals surface area contributed by atoms with E-state index in [0.717, 1.165) is 33.8 Å². The molecule has 0 saturated carbocycles. The largest absolute Gasteiger partial charge is 0.305 e. The molecule has 1 radical (unpaired) electrons. The molecule has 2 aromatic carbocycles. The molecule has 5 aromatic rings. The van der Waals surface area contributed by atoms with Gasteiger partial charge in [-0.25, -0.2) is 0 Å². The Morgan fingerprint density at radius 2 is 1.39 bits per heavy atom. The summed E-state index contributed by atoms with van der Waals surface area (Å²) in [6.45, 7) is 4.13. The molecule has 0 amide bonds. The van der Waals surface area contributed by atoms with E-state index in [0.29, 0.717) is 0 Å². The zero-order valence-corrected chi connectivity index (χ0v) is 19.8. The van der Waals surface area contributed by atoms with Crippen LogP contribution < -0.4 is 0 Å². The summed E-state index contributed by atoms with van der Waals surface area (Å²) in [7, 11) is 0. The number of hydrogen-bond donors (Lipinski definition) is 0. The summed E-state index contributed by atoms with van der Waals surface area (Å²) in [4.78, 5) is 4.22. The van der Waals surface area contributed by atoms with Crippen molar-refractivity contribution in [3.8, 4) is 22.6 Å². The Bertz CT molecular complexity index is 1090. The van der Waals surface area contributed by atoms with Crippen molar-refractivity contribution in [2.24, 2.45) is 0 Å². The molecule has 31 heavy (non-hydrogen) atoms. The van der Waals surface area contributed by atoms with Gasteiger partial charge in [-0.1, -0.05) is 26.0 Å². The number of pyridine rings is 1. The van der Waals surface area contributed by atoms with Gasteiger partial charge in [-0.05, 0) is 35.3 Å². The summed E-state index contributed by atoms with van der Waals surface area (Å²) in [6, 6.07) is 26.1. The van der Waals surface area contributed by atoms with Gasteiger partial charge < -0.3 is 4.98 Å². The van der Waals surface area contributed by atoms with E-state index in [2.05, 4.69) is 47.2 Å². The zero-order valence-electron chi connectivity index (χ0n) is 17.2. The number of aromatic nitrogens is 5. The number of benzene rings is 2. The molecule has 0 aliphatic heterocycles. The molecule has 5 rings (SSSR count). The van der Waals surface area contributed by atoms with E-state index in [9.17, 15) is 0 Å². The van der Waals surface area contributed by atoms with E-state index in [1.807, 2.05) is 76.4 Å². The van der Waals surface area contributed by atoms with Gasteiger partial charge in [0, 0.05) is 31.0 Å². The van der Waals surface area contributed by atoms with Crippen LogP contribution in [0.3, 0.4) is 0 Å². The average molecular weight is 585 g/mol. The van der Waals surface area contributed by atoms with E-state index >= 15 is 0 Å². The van der Waals surface area contributed by atoms with Gasteiger partial charge in [0.25, 0.3) is 0 Å². The summed E-state index contributed by atoms with van der Waals surface area (Å²) in [5, 5.41) is 8.51. The van der Waals surface area contributed by atoms with Crippen molar-refractivity contribution in [1.82, 2.24) is 24.5 Å². The Morgan fingerprint density at radius 3 is 1.87 bits per heavy atom. The van der Waals surface area contributed by atoms with Crippen molar-refractivity contribution >= 4 is 0 Å². The zero-order chi connectivity index (χ0) is 20.8. The van der Waals surface area contributed by atoms with Crippen LogP contribution in [0.1, 0.15) is 11.1 Å². The Balaban J connectivity index is 0.000000183. The molecule has 0 bridgehead atoms. The Kier molecular flexibility index (Phi) is 7.65. The number of aryl methyl sites for hydroxylation is 2. The minimum absolute atomic E-state index is 0. The maximum absolute atomic E-state index is 4.26. The van der Waals surface area contributed by atoms with E-state index in [4.69, 9.17) is 0 Å². The van der Waals surface area contributed by atoms with Crippen LogP contribution >= 0.6 is 0 Å². The van der Waals surface area contributed by atoms with Gasteiger partial charge in [0.05, 0.1) is 0 Å². The second-order valence-corrected chi connectivity index (χ2v) is 6.73. The quantitative estimate of drug-likeness (QED) is 0.288. The summed E-state index contributed by atoms with van der Waals surface area (Å²) in [5.41, 5.74) is 6.21. The van der Waals surface area contributed by atoms with E-state index in [1.54, 1.807) is 18.6 Å². The Labute approximate surface area is 195 Å². The third-order valence-electron chi connectivity index (χ3n) is 4.53. The molecule has 0 saturated heterocycles. The molecule has 156 valence electrons. The predicted molar refractivity (Wildman–Crippen MR) is 119 cm³/mol. The molecular formula is C25H22IrN5. The first kappa shape index (κ1) is 22.3. The number of nitrogens with zero attached hydrogens (tertiary/aromatic N) is 5. The molecule has 5 nitrogen and oxygen atoms in total. The standard InChI is InChI=1S/C14H13N4.C11H8N.Ir.H/c1-11-9-12(2)14(18-8-4-6-16-18)10-13(11)17-7-3-5-15-17;1-2-6-10(7-3-1)11-8-4-5-9-12-11;;/h3-9H,1-2H3;1-6,8-9H;;/q2*-1;+2;. The summed E-state index contributed by atoms with van der Waals surface area (Å²) >= 11 is 0. The number of rotatable bonds is 3. The minimum Gasteiger partial charge on any atom is -0.305 e. The molecule has 0 spiro atoms. The van der Waals surface area contributed by atoms with E-state index in [-0.39, 0.29) is 20.1 Å². The van der Waals surface area contributed by atoms with Gasteiger partial charge in [0.15, 0.2) is 0 Å². The third kappa shape index (κ3) is 5.43. The molecule has 3 heterocycles.